The van der Waals surface area contributed by atoms with E-state index in [1.807, 2.05) is 0 Å². The second-order valence-corrected chi connectivity index (χ2v) is 8.07. The van der Waals surface area contributed by atoms with Gasteiger partial charge < -0.3 is 18.9 Å². The van der Waals surface area contributed by atoms with E-state index in [4.69, 9.17) is 4.42 Å². The van der Waals surface area contributed by atoms with Crippen molar-refractivity contribution >= 4 is 11.4 Å². The van der Waals surface area contributed by atoms with E-state index in [1.54, 1.807) is 24.1 Å². The molecule has 0 spiro atoms. The highest BCUT2D eigenvalue weighted by atomic mass is 19.4. The second-order valence-electron chi connectivity index (χ2n) is 8.07. The van der Waals surface area contributed by atoms with Crippen LogP contribution < -0.4 is 0 Å². The van der Waals surface area contributed by atoms with E-state index in [9.17, 15) is 18.0 Å². The summed E-state index contributed by atoms with van der Waals surface area (Å²) >= 11 is 0. The summed E-state index contributed by atoms with van der Waals surface area (Å²) in [4.78, 5) is 26.4. The Labute approximate surface area is 194 Å². The van der Waals surface area contributed by atoms with Crippen molar-refractivity contribution in [3.63, 3.8) is 0 Å². The molecule has 0 aliphatic carbocycles. The van der Waals surface area contributed by atoms with E-state index < -0.39 is 23.7 Å². The molecule has 0 fully saturated rings. The van der Waals surface area contributed by atoms with Crippen molar-refractivity contribution in [1.82, 2.24) is 44.2 Å². The van der Waals surface area contributed by atoms with Gasteiger partial charge in [-0.15, -0.1) is 10.2 Å². The molecule has 1 aliphatic rings. The number of hydrogen-bond acceptors (Lipinski definition) is 7. The molecule has 1 aliphatic heterocycles. The van der Waals surface area contributed by atoms with Crippen LogP contribution in [-0.4, -0.2) is 56.7 Å². The number of pyridine rings is 1. The summed E-state index contributed by atoms with van der Waals surface area (Å²) in [7, 11) is 1.78. The van der Waals surface area contributed by atoms with Crippen molar-refractivity contribution in [2.24, 2.45) is 7.05 Å². The van der Waals surface area contributed by atoms with Gasteiger partial charge in [-0.1, -0.05) is 0 Å². The van der Waals surface area contributed by atoms with Gasteiger partial charge in [0.05, 0.1) is 35.1 Å². The summed E-state index contributed by atoms with van der Waals surface area (Å²) in [5, 5.41) is 12.2. The van der Waals surface area contributed by atoms with E-state index in [1.165, 1.54) is 29.6 Å². The Morgan fingerprint density at radius 2 is 2.11 bits per heavy atom. The molecule has 6 rings (SSSR count). The molecule has 0 saturated carbocycles. The Hall–Kier alpha value is -4.49. The van der Waals surface area contributed by atoms with Gasteiger partial charge in [0.25, 0.3) is 5.89 Å². The third kappa shape index (κ3) is 3.45. The fraction of sp³-hybridized carbons (Fsp3) is 0.238. The van der Waals surface area contributed by atoms with Crippen molar-refractivity contribution in [2.45, 2.75) is 18.6 Å². The minimum Gasteiger partial charge on any atom is -0.411 e. The van der Waals surface area contributed by atoms with Gasteiger partial charge in [0, 0.05) is 38.1 Å². The number of carbonyl (C=O) groups excluding carboxylic acids is 1. The van der Waals surface area contributed by atoms with E-state index in [0.717, 1.165) is 16.3 Å². The zero-order chi connectivity index (χ0) is 24.3. The minimum absolute atomic E-state index is 0.0746. The smallest absolute Gasteiger partial charge is 0.411 e. The van der Waals surface area contributed by atoms with Crippen LogP contribution in [-0.2, 0) is 19.6 Å². The van der Waals surface area contributed by atoms with Gasteiger partial charge in [0.1, 0.15) is 11.7 Å². The van der Waals surface area contributed by atoms with Gasteiger partial charge in [-0.3, -0.25) is 4.79 Å². The van der Waals surface area contributed by atoms with Crippen LogP contribution in [0.5, 0.6) is 0 Å². The van der Waals surface area contributed by atoms with E-state index in [0.29, 0.717) is 17.8 Å². The lowest BCUT2D eigenvalue weighted by molar-refractivity contribution is -0.136. The number of imidazole rings is 2. The van der Waals surface area contributed by atoms with Crippen LogP contribution in [0.2, 0.25) is 0 Å². The summed E-state index contributed by atoms with van der Waals surface area (Å²) in [6.07, 6.45) is 2.01. The van der Waals surface area contributed by atoms with Crippen molar-refractivity contribution in [2.75, 3.05) is 6.54 Å². The number of halogens is 3. The first-order chi connectivity index (χ1) is 16.8. The molecule has 5 aromatic heterocycles. The quantitative estimate of drug-likeness (QED) is 0.419. The Morgan fingerprint density at radius 3 is 2.89 bits per heavy atom. The first kappa shape index (κ1) is 21.1. The fourth-order valence-corrected chi connectivity index (χ4v) is 4.26. The highest BCUT2D eigenvalue weighted by molar-refractivity contribution is 5.90. The molecular weight excluding hydrogens is 467 g/mol. The van der Waals surface area contributed by atoms with E-state index in [2.05, 4.69) is 30.2 Å². The Kier molecular flexibility index (Phi) is 4.52. The van der Waals surface area contributed by atoms with Crippen LogP contribution in [0.1, 0.15) is 39.4 Å². The number of nitrogens with zero attached hydrogens (tertiary/aromatic N) is 8. The Morgan fingerprint density at radius 1 is 1.26 bits per heavy atom. The van der Waals surface area contributed by atoms with Crippen molar-refractivity contribution < 1.29 is 22.4 Å². The maximum Gasteiger partial charge on any atom is 0.418 e. The lowest BCUT2D eigenvalue weighted by Crippen LogP contribution is -2.41. The Balaban J connectivity index is 1.42. The number of rotatable bonds is 3. The van der Waals surface area contributed by atoms with Crippen LogP contribution in [0.4, 0.5) is 13.2 Å². The molecule has 14 heteroatoms. The number of fused-ring (bicyclic) bond motifs is 2. The molecule has 0 unspecified atom stereocenters. The molecule has 0 bridgehead atoms. The monoisotopic (exact) mass is 483 g/mol. The summed E-state index contributed by atoms with van der Waals surface area (Å²) in [5.74, 6) is -0.786. The standard InChI is InChI=1S/C21H16F3N9O2/c1-31-8-14(27-10-31)18-28-29-19(35-18)20(34)32-6-4-12-16(26-9-25-12)17(32)13-7-15-11(21(22,23)24)3-2-5-33(15)30-13/h2-3,5,7-10,17H,4,6H2,1H3,(H,25,26)/t17-/m0/s1. The van der Waals surface area contributed by atoms with Crippen LogP contribution in [0.25, 0.3) is 17.1 Å². The number of carbonyl (C=O) groups is 1. The van der Waals surface area contributed by atoms with Gasteiger partial charge in [-0.2, -0.15) is 18.3 Å². The lowest BCUT2D eigenvalue weighted by atomic mass is 9.99. The van der Waals surface area contributed by atoms with Crippen molar-refractivity contribution in [3.05, 3.63) is 71.8 Å². The number of aromatic nitrogens is 8. The predicted molar refractivity (Wildman–Crippen MR) is 112 cm³/mol. The van der Waals surface area contributed by atoms with Gasteiger partial charge in [0.2, 0.25) is 0 Å². The molecule has 1 atom stereocenters. The number of H-pyrrole nitrogens is 1. The summed E-state index contributed by atoms with van der Waals surface area (Å²) < 4.78 is 49.1. The summed E-state index contributed by atoms with van der Waals surface area (Å²) in [6, 6.07) is 2.73. The van der Waals surface area contributed by atoms with Crippen molar-refractivity contribution in [3.8, 4) is 11.6 Å². The van der Waals surface area contributed by atoms with Gasteiger partial charge in [-0.25, -0.2) is 14.5 Å². The summed E-state index contributed by atoms with van der Waals surface area (Å²) in [6.45, 7) is 0.236. The maximum absolute atomic E-state index is 13.6. The molecule has 1 amide bonds. The Bertz CT molecular complexity index is 1560. The molecule has 178 valence electrons. The molecular formula is C21H16F3N9O2. The molecule has 0 radical (unpaired) electrons. The molecule has 0 saturated heterocycles. The molecule has 0 aromatic carbocycles. The predicted octanol–water partition coefficient (Wildman–Crippen LogP) is 2.65. The average Bonchev–Trinajstić information content (AvgIpc) is 3.62. The SMILES string of the molecule is Cn1cnc(-c2nnc(C(=O)N3CCc4[nH]cnc4[C@@H]3c3cc4c(C(F)(F)F)cccn4n3)o2)c1. The summed E-state index contributed by atoms with van der Waals surface area (Å²) in [5.41, 5.74) is 0.946. The van der Waals surface area contributed by atoms with E-state index in [-0.39, 0.29) is 29.5 Å². The number of alkyl halides is 3. The normalized spacial score (nSPS) is 16.1. The molecule has 5 aromatic rings. The number of amides is 1. The largest absolute Gasteiger partial charge is 0.418 e. The third-order valence-electron chi connectivity index (χ3n) is 5.82. The topological polar surface area (TPSA) is 123 Å². The maximum atomic E-state index is 13.6. The lowest BCUT2D eigenvalue weighted by Gasteiger charge is -2.32. The molecule has 6 heterocycles. The van der Waals surface area contributed by atoms with E-state index >= 15 is 0 Å². The number of aromatic amines is 1. The van der Waals surface area contributed by atoms with Crippen molar-refractivity contribution in [1.29, 1.82) is 0 Å². The van der Waals surface area contributed by atoms with Crippen LogP contribution in [0.3, 0.4) is 0 Å². The zero-order valence-electron chi connectivity index (χ0n) is 18.1. The fourth-order valence-electron chi connectivity index (χ4n) is 4.26. The molecule has 35 heavy (non-hydrogen) atoms. The highest BCUT2D eigenvalue weighted by Gasteiger charge is 2.39. The van der Waals surface area contributed by atoms with Gasteiger partial charge in [-0.05, 0) is 18.2 Å². The van der Waals surface area contributed by atoms with Crippen LogP contribution >= 0.6 is 0 Å². The van der Waals surface area contributed by atoms with Gasteiger partial charge >= 0.3 is 18.0 Å². The van der Waals surface area contributed by atoms with Gasteiger partial charge in [0.15, 0.2) is 0 Å². The highest BCUT2D eigenvalue weighted by Crippen LogP contribution is 2.37. The number of hydrogen-bond donors (Lipinski definition) is 1. The number of aryl methyl sites for hydroxylation is 1. The number of nitrogens with one attached hydrogen (secondary N) is 1. The third-order valence-corrected chi connectivity index (χ3v) is 5.82. The second kappa shape index (κ2) is 7.51. The average molecular weight is 483 g/mol. The van der Waals surface area contributed by atoms with Crippen LogP contribution in [0.15, 0.2) is 47.7 Å². The molecule has 11 nitrogen and oxygen atoms in total. The zero-order valence-corrected chi connectivity index (χ0v) is 18.1. The van der Waals surface area contributed by atoms with Crippen LogP contribution in [0, 0.1) is 0 Å². The first-order valence-electron chi connectivity index (χ1n) is 10.5. The molecule has 1 N–H and O–H groups in total. The minimum atomic E-state index is -4.56. The first-order valence-corrected chi connectivity index (χ1v) is 10.5.